The van der Waals surface area contributed by atoms with Gasteiger partial charge in [0.15, 0.2) is 0 Å². The van der Waals surface area contributed by atoms with Crippen molar-refractivity contribution in [1.82, 2.24) is 9.80 Å². The number of carboxylic acids is 1. The van der Waals surface area contributed by atoms with Gasteiger partial charge in [0.25, 0.3) is 5.91 Å². The maximum absolute atomic E-state index is 13.0. The molecule has 0 saturated carbocycles. The molecule has 0 atom stereocenters. The second-order valence-corrected chi connectivity index (χ2v) is 7.10. The molecule has 1 amide bonds. The number of thiophene rings is 1. The van der Waals surface area contributed by atoms with Gasteiger partial charge in [-0.05, 0) is 57.2 Å². The molecular weight excluding hydrogens is 328 g/mol. The van der Waals surface area contributed by atoms with Crippen LogP contribution in [0.3, 0.4) is 0 Å². The van der Waals surface area contributed by atoms with E-state index in [2.05, 4.69) is 11.9 Å². The normalized spacial score (nSPS) is 16.2. The molecule has 0 aromatic carbocycles. The van der Waals surface area contributed by atoms with Gasteiger partial charge in [0.1, 0.15) is 10.6 Å². The standard InChI is InChI=1S/C17H20N2O4S/c1-18-8-6-12(7-9-18)19(11-13-3-2-10-23-13)16(20)14-4-5-15(24-14)17(21)22/h2-5,10,12H,6-9,11H2,1H3,(H,21,22). The van der Waals surface area contributed by atoms with Crippen molar-refractivity contribution in [3.63, 3.8) is 0 Å². The molecule has 1 aliphatic heterocycles. The molecule has 3 heterocycles. The maximum Gasteiger partial charge on any atom is 0.345 e. The average Bonchev–Trinajstić information content (AvgIpc) is 3.24. The zero-order chi connectivity index (χ0) is 17.1. The highest BCUT2D eigenvalue weighted by Gasteiger charge is 2.29. The summed E-state index contributed by atoms with van der Waals surface area (Å²) >= 11 is 1.02. The molecule has 0 bridgehead atoms. The molecule has 1 fully saturated rings. The predicted molar refractivity (Wildman–Crippen MR) is 90.4 cm³/mol. The number of rotatable bonds is 5. The van der Waals surface area contributed by atoms with Crippen LogP contribution in [0, 0.1) is 0 Å². The van der Waals surface area contributed by atoms with E-state index in [1.807, 2.05) is 11.0 Å². The second kappa shape index (κ2) is 7.19. The molecule has 0 unspecified atom stereocenters. The molecule has 1 N–H and O–H groups in total. The van der Waals surface area contributed by atoms with Crippen LogP contribution in [0.25, 0.3) is 0 Å². The van der Waals surface area contributed by atoms with Crippen molar-refractivity contribution in [3.05, 3.63) is 46.0 Å². The lowest BCUT2D eigenvalue weighted by Crippen LogP contribution is -2.46. The largest absolute Gasteiger partial charge is 0.477 e. The molecule has 1 aliphatic rings. The Balaban J connectivity index is 1.82. The fourth-order valence-corrected chi connectivity index (χ4v) is 3.75. The molecular formula is C17H20N2O4S. The first kappa shape index (κ1) is 16.7. The number of carboxylic acid groups (broad SMARTS) is 1. The third-order valence-corrected chi connectivity index (χ3v) is 5.38. The highest BCUT2D eigenvalue weighted by molar-refractivity contribution is 7.15. The monoisotopic (exact) mass is 348 g/mol. The summed E-state index contributed by atoms with van der Waals surface area (Å²) in [4.78, 5) is 28.8. The van der Waals surface area contributed by atoms with Gasteiger partial charge in [0.05, 0.1) is 17.7 Å². The number of hydrogen-bond acceptors (Lipinski definition) is 5. The number of piperidine rings is 1. The van der Waals surface area contributed by atoms with E-state index in [4.69, 9.17) is 9.52 Å². The predicted octanol–water partition coefficient (Wildman–Crippen LogP) is 2.78. The minimum absolute atomic E-state index is 0.126. The molecule has 24 heavy (non-hydrogen) atoms. The van der Waals surface area contributed by atoms with E-state index in [9.17, 15) is 9.59 Å². The number of carbonyl (C=O) groups excluding carboxylic acids is 1. The van der Waals surface area contributed by atoms with Gasteiger partial charge in [0.2, 0.25) is 0 Å². The molecule has 7 heteroatoms. The van der Waals surface area contributed by atoms with Gasteiger partial charge in [-0.1, -0.05) is 0 Å². The minimum Gasteiger partial charge on any atom is -0.477 e. The van der Waals surface area contributed by atoms with Crippen molar-refractivity contribution in [2.75, 3.05) is 20.1 Å². The average molecular weight is 348 g/mol. The third kappa shape index (κ3) is 3.68. The van der Waals surface area contributed by atoms with E-state index in [-0.39, 0.29) is 16.8 Å². The van der Waals surface area contributed by atoms with Crippen molar-refractivity contribution in [3.8, 4) is 0 Å². The zero-order valence-electron chi connectivity index (χ0n) is 13.5. The fourth-order valence-electron chi connectivity index (χ4n) is 2.95. The Morgan fingerprint density at radius 3 is 2.58 bits per heavy atom. The molecule has 2 aromatic rings. The summed E-state index contributed by atoms with van der Waals surface area (Å²) < 4.78 is 5.41. The van der Waals surface area contributed by atoms with E-state index >= 15 is 0 Å². The van der Waals surface area contributed by atoms with Crippen molar-refractivity contribution in [2.24, 2.45) is 0 Å². The molecule has 0 spiro atoms. The van der Waals surface area contributed by atoms with Crippen LogP contribution in [-0.4, -0.2) is 53.0 Å². The van der Waals surface area contributed by atoms with Crippen LogP contribution in [-0.2, 0) is 6.54 Å². The summed E-state index contributed by atoms with van der Waals surface area (Å²) in [6, 6.07) is 6.88. The third-order valence-electron chi connectivity index (χ3n) is 4.32. The molecule has 6 nitrogen and oxygen atoms in total. The lowest BCUT2D eigenvalue weighted by Gasteiger charge is -2.36. The molecule has 3 rings (SSSR count). The summed E-state index contributed by atoms with van der Waals surface area (Å²) in [7, 11) is 2.08. The molecule has 2 aromatic heterocycles. The van der Waals surface area contributed by atoms with Crippen LogP contribution >= 0.6 is 11.3 Å². The molecule has 128 valence electrons. The van der Waals surface area contributed by atoms with Crippen molar-refractivity contribution >= 4 is 23.2 Å². The van der Waals surface area contributed by atoms with Gasteiger partial charge >= 0.3 is 5.97 Å². The Labute approximate surface area is 144 Å². The Hall–Kier alpha value is -2.12. The summed E-state index contributed by atoms with van der Waals surface area (Å²) in [6.45, 7) is 2.29. The Bertz CT molecular complexity index is 702. The van der Waals surface area contributed by atoms with Gasteiger partial charge in [-0.15, -0.1) is 11.3 Å². The smallest absolute Gasteiger partial charge is 0.345 e. The van der Waals surface area contributed by atoms with E-state index < -0.39 is 5.97 Å². The summed E-state index contributed by atoms with van der Waals surface area (Å²) in [6.07, 6.45) is 3.40. The van der Waals surface area contributed by atoms with Crippen LogP contribution in [0.5, 0.6) is 0 Å². The first-order valence-corrected chi connectivity index (χ1v) is 8.71. The van der Waals surface area contributed by atoms with E-state index in [0.29, 0.717) is 11.4 Å². The number of carbonyl (C=O) groups is 2. The van der Waals surface area contributed by atoms with E-state index in [1.54, 1.807) is 18.4 Å². The van der Waals surface area contributed by atoms with Crippen molar-refractivity contribution in [1.29, 1.82) is 0 Å². The zero-order valence-corrected chi connectivity index (χ0v) is 14.3. The first-order chi connectivity index (χ1) is 11.5. The van der Waals surface area contributed by atoms with E-state index in [1.165, 1.54) is 6.07 Å². The minimum atomic E-state index is -1.00. The summed E-state index contributed by atoms with van der Waals surface area (Å²) in [5.41, 5.74) is 0. The van der Waals surface area contributed by atoms with Crippen molar-refractivity contribution < 1.29 is 19.1 Å². The molecule has 0 radical (unpaired) electrons. The lowest BCUT2D eigenvalue weighted by atomic mass is 10.0. The van der Waals surface area contributed by atoms with E-state index in [0.717, 1.165) is 43.0 Å². The Kier molecular flexibility index (Phi) is 5.01. The van der Waals surface area contributed by atoms with Crippen LogP contribution in [0.1, 0.15) is 37.9 Å². The highest BCUT2D eigenvalue weighted by atomic mass is 32.1. The molecule has 1 saturated heterocycles. The SMILES string of the molecule is CN1CCC(N(Cc2ccco2)C(=O)c2ccc(C(=O)O)s2)CC1. The van der Waals surface area contributed by atoms with Crippen LogP contribution < -0.4 is 0 Å². The fraction of sp³-hybridized carbons (Fsp3) is 0.412. The number of hydrogen-bond donors (Lipinski definition) is 1. The summed E-state index contributed by atoms with van der Waals surface area (Å²) in [5.74, 6) is -0.397. The van der Waals surface area contributed by atoms with Gasteiger partial charge in [0, 0.05) is 6.04 Å². The van der Waals surface area contributed by atoms with Crippen LogP contribution in [0.4, 0.5) is 0 Å². The molecule has 0 aliphatic carbocycles. The Morgan fingerprint density at radius 2 is 2.00 bits per heavy atom. The maximum atomic E-state index is 13.0. The topological polar surface area (TPSA) is 74.0 Å². The number of nitrogens with zero attached hydrogens (tertiary/aromatic N) is 2. The number of amides is 1. The van der Waals surface area contributed by atoms with Crippen LogP contribution in [0.2, 0.25) is 0 Å². The Morgan fingerprint density at radius 1 is 1.29 bits per heavy atom. The van der Waals surface area contributed by atoms with Gasteiger partial charge in [-0.25, -0.2) is 4.79 Å². The first-order valence-electron chi connectivity index (χ1n) is 7.89. The van der Waals surface area contributed by atoms with Gasteiger partial charge < -0.3 is 19.3 Å². The van der Waals surface area contributed by atoms with Crippen LogP contribution in [0.15, 0.2) is 34.9 Å². The quantitative estimate of drug-likeness (QED) is 0.899. The number of furan rings is 1. The second-order valence-electron chi connectivity index (χ2n) is 6.02. The number of likely N-dealkylation sites (tertiary alicyclic amines) is 1. The summed E-state index contributed by atoms with van der Waals surface area (Å²) in [5, 5.41) is 9.07. The lowest BCUT2D eigenvalue weighted by molar-refractivity contribution is 0.0555. The van der Waals surface area contributed by atoms with Gasteiger partial charge in [-0.2, -0.15) is 0 Å². The van der Waals surface area contributed by atoms with Gasteiger partial charge in [-0.3, -0.25) is 4.79 Å². The van der Waals surface area contributed by atoms with Crippen molar-refractivity contribution in [2.45, 2.75) is 25.4 Å². The number of aromatic carboxylic acids is 1. The highest BCUT2D eigenvalue weighted by Crippen LogP contribution is 2.24.